The van der Waals surface area contributed by atoms with Gasteiger partial charge in [-0.15, -0.1) is 12.4 Å². The second-order valence-electron chi connectivity index (χ2n) is 8.01. The molecule has 0 amide bonds. The molecule has 1 heterocycles. The monoisotopic (exact) mass is 774 g/mol. The molecule has 244 valence electrons. The van der Waals surface area contributed by atoms with Gasteiger partial charge in [0, 0.05) is 30.9 Å². The van der Waals surface area contributed by atoms with Gasteiger partial charge in [-0.3, -0.25) is 0 Å². The van der Waals surface area contributed by atoms with E-state index in [1.54, 1.807) is 43.5 Å². The molecular formula is C30H37ClINaO12. The van der Waals surface area contributed by atoms with Crippen molar-refractivity contribution in [3.8, 4) is 17.2 Å². The van der Waals surface area contributed by atoms with Crippen molar-refractivity contribution in [3.05, 3.63) is 88.0 Å². The molecule has 3 aromatic carbocycles. The Labute approximate surface area is 304 Å². The van der Waals surface area contributed by atoms with Crippen molar-refractivity contribution in [3.63, 3.8) is 0 Å². The first kappa shape index (κ1) is 46.8. The molecule has 1 aliphatic rings. The van der Waals surface area contributed by atoms with Crippen LogP contribution < -0.4 is 43.8 Å². The van der Waals surface area contributed by atoms with Crippen LogP contribution in [0.25, 0.3) is 0 Å². The molecule has 12 nitrogen and oxygen atoms in total. The van der Waals surface area contributed by atoms with Crippen molar-refractivity contribution in [2.45, 2.75) is 19.8 Å². The molecule has 0 saturated heterocycles. The number of carboxylic acids is 2. The molecule has 0 aromatic heterocycles. The molecule has 0 unspecified atom stereocenters. The van der Waals surface area contributed by atoms with Gasteiger partial charge < -0.3 is 44.1 Å². The predicted molar refractivity (Wildman–Crippen MR) is 173 cm³/mol. The second kappa shape index (κ2) is 25.5. The number of hydrogen-bond acceptors (Lipinski definition) is 10. The smallest absolute Gasteiger partial charge is 0.870 e. The molecule has 0 saturated carbocycles. The molecule has 0 radical (unpaired) electrons. The van der Waals surface area contributed by atoms with Crippen LogP contribution in [0.2, 0.25) is 0 Å². The van der Waals surface area contributed by atoms with Gasteiger partial charge >= 0.3 is 47.5 Å². The van der Waals surface area contributed by atoms with Crippen molar-refractivity contribution < 1.29 is 88.1 Å². The summed E-state index contributed by atoms with van der Waals surface area (Å²) < 4.78 is 29.8. The Kier molecular flexibility index (Phi) is 26.6. The quantitative estimate of drug-likeness (QED) is 0.141. The molecule has 0 aliphatic carbocycles. The minimum absolute atomic E-state index is 0. The van der Waals surface area contributed by atoms with Crippen molar-refractivity contribution >= 4 is 52.9 Å². The van der Waals surface area contributed by atoms with E-state index in [1.807, 2.05) is 11.0 Å². The number of aromatic carboxylic acids is 2. The van der Waals surface area contributed by atoms with E-state index in [0.29, 0.717) is 34.8 Å². The molecule has 0 fully saturated rings. The first-order chi connectivity index (χ1) is 20.2. The summed E-state index contributed by atoms with van der Waals surface area (Å²) in [7, 11) is 7.61. The third-order valence-corrected chi connectivity index (χ3v) is 5.66. The molecule has 3 N–H and O–H groups in total. The molecule has 3 aromatic rings. The van der Waals surface area contributed by atoms with Crippen molar-refractivity contribution in [2.24, 2.45) is 0 Å². The maximum atomic E-state index is 11.1. The van der Waals surface area contributed by atoms with Gasteiger partial charge in [0.25, 0.3) is 0 Å². The first-order valence-electron chi connectivity index (χ1n) is 12.2. The van der Waals surface area contributed by atoms with Crippen LogP contribution in [0, 0.1) is 0 Å². The summed E-state index contributed by atoms with van der Waals surface area (Å²) in [5.41, 5.74) is 3.02. The van der Waals surface area contributed by atoms with E-state index in [2.05, 4.69) is 22.6 Å². The maximum absolute atomic E-state index is 11.1. The van der Waals surface area contributed by atoms with Gasteiger partial charge in [-0.1, -0.05) is 40.8 Å². The van der Waals surface area contributed by atoms with Crippen LogP contribution in [0.4, 0.5) is 0 Å². The van der Waals surface area contributed by atoms with E-state index >= 15 is 0 Å². The number of alkyl halides is 1. The first-order valence-corrected chi connectivity index (χ1v) is 14.4. The van der Waals surface area contributed by atoms with Crippen LogP contribution in [0.15, 0.2) is 54.6 Å². The van der Waals surface area contributed by atoms with E-state index < -0.39 is 11.9 Å². The largest absolute Gasteiger partial charge is 1.00 e. The number of fused-ring (bicyclic) bond motifs is 1. The third-order valence-electron chi connectivity index (χ3n) is 5.66. The number of benzene rings is 3. The summed E-state index contributed by atoms with van der Waals surface area (Å²) in [4.78, 5) is 34.7. The Hall–Kier alpha value is -2.63. The van der Waals surface area contributed by atoms with Gasteiger partial charge in [-0.25, -0.2) is 14.4 Å². The number of rotatable bonds is 9. The summed E-state index contributed by atoms with van der Waals surface area (Å²) in [6.07, 6.45) is 0. The average molecular weight is 775 g/mol. The van der Waals surface area contributed by atoms with Crippen LogP contribution in [0.1, 0.15) is 47.8 Å². The van der Waals surface area contributed by atoms with Gasteiger partial charge in [0.1, 0.15) is 23.9 Å². The molecule has 45 heavy (non-hydrogen) atoms. The maximum Gasteiger partial charge on any atom is 1.00 e. The zero-order chi connectivity index (χ0) is 31.7. The van der Waals surface area contributed by atoms with Gasteiger partial charge in [0.2, 0.25) is 0 Å². The fourth-order valence-corrected chi connectivity index (χ4v) is 3.81. The number of carboxylic acid groups (broad SMARTS) is 2. The predicted octanol–water partition coefficient (Wildman–Crippen LogP) is 2.75. The SMILES string of the molecule is CI.COCc1c(OC)cccc1C(=O)O.COCc1c(OC)cccc1C(=O)O.COc1cccc2c1COC2=O.Cl.[Na+].[OH-]. The van der Waals surface area contributed by atoms with E-state index in [1.165, 1.54) is 40.6 Å². The minimum atomic E-state index is -0.976. The Bertz CT molecular complexity index is 1270. The zero-order valence-corrected chi connectivity index (χ0v) is 31.1. The standard InChI is InChI=1S/2C10H12O4.C9H8O3.CH3I.ClH.Na.H2O/c2*1-13-6-8-7(10(11)12)4-3-5-9(8)14-2;1-11-8-4-2-3-6-7(8)5-12-9(6)10;1-2;;;/h2*3-5H,6H2,1-2H3,(H,11,12);2-4H,5H2,1H3;1H3;1H;;1H2/q;;;;;+1;/p-1. The number of carbonyl (C=O) groups excluding carboxylic acids is 1. The Morgan fingerprint density at radius 3 is 1.47 bits per heavy atom. The number of halogens is 2. The molecule has 1 aliphatic heterocycles. The van der Waals surface area contributed by atoms with Gasteiger partial charge in [0.05, 0.1) is 51.2 Å². The van der Waals surface area contributed by atoms with Crippen LogP contribution in [0.5, 0.6) is 17.2 Å². The van der Waals surface area contributed by atoms with Crippen LogP contribution >= 0.6 is 35.0 Å². The van der Waals surface area contributed by atoms with Gasteiger partial charge in [-0.05, 0) is 41.3 Å². The number of ether oxygens (including phenoxy) is 6. The molecule has 0 atom stereocenters. The number of esters is 1. The number of hydrogen-bond donors (Lipinski definition) is 2. The average Bonchev–Trinajstić information content (AvgIpc) is 3.39. The Morgan fingerprint density at radius 1 is 0.733 bits per heavy atom. The summed E-state index contributed by atoms with van der Waals surface area (Å²) >= 11 is 2.15. The van der Waals surface area contributed by atoms with Gasteiger partial charge in [0.15, 0.2) is 0 Å². The summed E-state index contributed by atoms with van der Waals surface area (Å²) in [6, 6.07) is 15.1. The van der Waals surface area contributed by atoms with Crippen LogP contribution in [-0.2, 0) is 34.0 Å². The molecule has 15 heteroatoms. The van der Waals surface area contributed by atoms with E-state index in [4.69, 9.17) is 38.6 Å². The molecule has 4 rings (SSSR count). The zero-order valence-electron chi connectivity index (χ0n) is 26.1. The Balaban J connectivity index is -0.000000555. The minimum Gasteiger partial charge on any atom is -0.870 e. The van der Waals surface area contributed by atoms with E-state index in [9.17, 15) is 14.4 Å². The van der Waals surface area contributed by atoms with Crippen molar-refractivity contribution in [1.82, 2.24) is 0 Å². The fourth-order valence-electron chi connectivity index (χ4n) is 3.81. The molecule has 0 spiro atoms. The third kappa shape index (κ3) is 13.7. The summed E-state index contributed by atoms with van der Waals surface area (Å²) in [5, 5.41) is 17.8. The fraction of sp³-hybridized carbons (Fsp3) is 0.300. The summed E-state index contributed by atoms with van der Waals surface area (Å²) in [6.45, 7) is 0.787. The van der Waals surface area contributed by atoms with Crippen molar-refractivity contribution in [1.29, 1.82) is 0 Å². The Morgan fingerprint density at radius 2 is 1.11 bits per heavy atom. The van der Waals surface area contributed by atoms with Crippen molar-refractivity contribution in [2.75, 3.05) is 40.5 Å². The summed E-state index contributed by atoms with van der Waals surface area (Å²) in [5.74, 6) is -0.423. The topological polar surface area (TPSA) is 177 Å². The van der Waals surface area contributed by atoms with Crippen LogP contribution in [0.3, 0.4) is 0 Å². The van der Waals surface area contributed by atoms with E-state index in [0.717, 1.165) is 11.3 Å². The van der Waals surface area contributed by atoms with Crippen LogP contribution in [-0.4, -0.2) is 74.1 Å². The number of methoxy groups -OCH3 is 5. The molecular weight excluding hydrogens is 738 g/mol. The number of carbonyl (C=O) groups is 3. The molecule has 0 bridgehead atoms. The second-order valence-corrected chi connectivity index (χ2v) is 8.01. The van der Waals surface area contributed by atoms with Gasteiger partial charge in [-0.2, -0.15) is 0 Å². The van der Waals surface area contributed by atoms with E-state index in [-0.39, 0.29) is 77.8 Å². The number of cyclic esters (lactones) is 1. The normalized spacial score (nSPS) is 9.98.